The van der Waals surface area contributed by atoms with E-state index in [1.54, 1.807) is 29.2 Å². The molecule has 1 saturated heterocycles. The number of anilines is 1. The highest BCUT2D eigenvalue weighted by atomic mass is 35.5. The van der Waals surface area contributed by atoms with Crippen LogP contribution in [0.3, 0.4) is 0 Å². The zero-order valence-corrected chi connectivity index (χ0v) is 16.1. The molecular weight excluding hydrogens is 381 g/mol. The fourth-order valence-corrected chi connectivity index (χ4v) is 4.15. The van der Waals surface area contributed by atoms with Crippen LogP contribution in [-0.4, -0.2) is 10.2 Å². The van der Waals surface area contributed by atoms with E-state index in [1.165, 1.54) is 11.8 Å². The molecule has 6 heteroatoms. The first kappa shape index (κ1) is 17.5. The molecule has 3 rings (SSSR count). The van der Waals surface area contributed by atoms with Crippen LogP contribution in [0.2, 0.25) is 10.0 Å². The molecule has 0 aromatic heterocycles. The molecule has 1 heterocycles. The van der Waals surface area contributed by atoms with E-state index in [2.05, 4.69) is 0 Å². The molecule has 0 N–H and O–H groups in total. The topological polar surface area (TPSA) is 20.3 Å². The van der Waals surface area contributed by atoms with Crippen molar-refractivity contribution in [3.8, 4) is 0 Å². The van der Waals surface area contributed by atoms with Crippen LogP contribution in [-0.2, 0) is 4.79 Å². The predicted octanol–water partition coefficient (Wildman–Crippen LogP) is 6.02. The number of carbonyl (C=O) groups is 1. The summed E-state index contributed by atoms with van der Waals surface area (Å²) in [5.74, 6) is -0.135. The van der Waals surface area contributed by atoms with E-state index >= 15 is 0 Å². The quantitative estimate of drug-likeness (QED) is 0.459. The van der Waals surface area contributed by atoms with Crippen LogP contribution in [0.1, 0.15) is 16.7 Å². The molecule has 2 aromatic rings. The van der Waals surface area contributed by atoms with E-state index in [0.717, 1.165) is 22.4 Å². The second kappa shape index (κ2) is 6.89. The third-order valence-corrected chi connectivity index (χ3v) is 5.72. The average Bonchev–Trinajstić information content (AvgIpc) is 2.80. The van der Waals surface area contributed by atoms with Gasteiger partial charge in [0.2, 0.25) is 0 Å². The number of thiocarbonyl (C=S) groups is 1. The van der Waals surface area contributed by atoms with E-state index in [0.29, 0.717) is 19.3 Å². The lowest BCUT2D eigenvalue weighted by Gasteiger charge is -2.18. The summed E-state index contributed by atoms with van der Waals surface area (Å²) >= 11 is 18.8. The van der Waals surface area contributed by atoms with Gasteiger partial charge in [0.1, 0.15) is 0 Å². The summed E-state index contributed by atoms with van der Waals surface area (Å²) in [6.07, 6.45) is 1.75. The summed E-state index contributed by atoms with van der Waals surface area (Å²) in [5, 5.41) is 1.06. The fourth-order valence-electron chi connectivity index (χ4n) is 2.41. The second-order valence-corrected chi connectivity index (χ2v) is 7.92. The normalized spacial score (nSPS) is 16.3. The van der Waals surface area contributed by atoms with Crippen LogP contribution >= 0.6 is 47.2 Å². The molecule has 1 amide bonds. The van der Waals surface area contributed by atoms with Crippen molar-refractivity contribution in [1.82, 2.24) is 0 Å². The van der Waals surface area contributed by atoms with E-state index in [-0.39, 0.29) is 5.91 Å². The summed E-state index contributed by atoms with van der Waals surface area (Å²) in [7, 11) is 0. The van der Waals surface area contributed by atoms with Crippen molar-refractivity contribution in [3.63, 3.8) is 0 Å². The smallest absolute Gasteiger partial charge is 0.268 e. The number of halogens is 2. The monoisotopic (exact) mass is 393 g/mol. The van der Waals surface area contributed by atoms with Crippen molar-refractivity contribution in [2.24, 2.45) is 0 Å². The number of rotatable bonds is 2. The molecule has 1 fully saturated rings. The Morgan fingerprint density at radius 2 is 1.92 bits per heavy atom. The van der Waals surface area contributed by atoms with Crippen molar-refractivity contribution >= 4 is 69.2 Å². The number of hydrogen-bond donors (Lipinski definition) is 0. The number of nitrogens with zero attached hydrogens (tertiary/aromatic N) is 1. The first-order chi connectivity index (χ1) is 11.4. The van der Waals surface area contributed by atoms with Gasteiger partial charge in [-0.3, -0.25) is 9.69 Å². The summed E-state index contributed by atoms with van der Waals surface area (Å²) < 4.78 is 0.519. The number of thioether (sulfide) groups is 1. The van der Waals surface area contributed by atoms with Gasteiger partial charge in [0.15, 0.2) is 4.32 Å². The van der Waals surface area contributed by atoms with Gasteiger partial charge in [0, 0.05) is 10.0 Å². The van der Waals surface area contributed by atoms with Gasteiger partial charge in [-0.25, -0.2) is 0 Å². The maximum atomic E-state index is 12.8. The molecule has 2 aromatic carbocycles. The molecule has 122 valence electrons. The Morgan fingerprint density at radius 1 is 1.17 bits per heavy atom. The molecule has 0 saturated carbocycles. The number of hydrogen-bond acceptors (Lipinski definition) is 3. The van der Waals surface area contributed by atoms with Gasteiger partial charge in [0.25, 0.3) is 5.91 Å². The van der Waals surface area contributed by atoms with E-state index in [1.807, 2.05) is 32.0 Å². The highest BCUT2D eigenvalue weighted by Crippen LogP contribution is 2.38. The molecule has 24 heavy (non-hydrogen) atoms. The van der Waals surface area contributed by atoms with Gasteiger partial charge in [-0.05, 0) is 54.8 Å². The van der Waals surface area contributed by atoms with Gasteiger partial charge in [0.05, 0.1) is 10.6 Å². The van der Waals surface area contributed by atoms with Crippen LogP contribution in [0.25, 0.3) is 6.08 Å². The minimum absolute atomic E-state index is 0.135. The number of amides is 1. The molecule has 0 bridgehead atoms. The Balaban J connectivity index is 2.00. The number of carbonyl (C=O) groups excluding carboxylic acids is 1. The van der Waals surface area contributed by atoms with Crippen LogP contribution in [0.5, 0.6) is 0 Å². The van der Waals surface area contributed by atoms with Crippen LogP contribution < -0.4 is 4.90 Å². The van der Waals surface area contributed by atoms with E-state index < -0.39 is 0 Å². The van der Waals surface area contributed by atoms with Crippen molar-refractivity contribution < 1.29 is 4.79 Å². The van der Waals surface area contributed by atoms with Gasteiger partial charge < -0.3 is 0 Å². The molecule has 1 aliphatic heterocycles. The minimum atomic E-state index is -0.135. The van der Waals surface area contributed by atoms with Crippen molar-refractivity contribution in [2.45, 2.75) is 13.8 Å². The molecule has 0 aliphatic carbocycles. The molecule has 2 nitrogen and oxygen atoms in total. The van der Waals surface area contributed by atoms with Crippen LogP contribution in [0, 0.1) is 13.8 Å². The van der Waals surface area contributed by atoms with Crippen molar-refractivity contribution in [2.75, 3.05) is 4.90 Å². The largest absolute Gasteiger partial charge is 0.270 e. The lowest BCUT2D eigenvalue weighted by molar-refractivity contribution is -0.113. The number of aryl methyl sites for hydroxylation is 1. The van der Waals surface area contributed by atoms with E-state index in [9.17, 15) is 4.79 Å². The predicted molar refractivity (Wildman–Crippen MR) is 108 cm³/mol. The van der Waals surface area contributed by atoms with Crippen LogP contribution in [0.15, 0.2) is 41.3 Å². The Morgan fingerprint density at radius 3 is 2.62 bits per heavy atom. The average molecular weight is 394 g/mol. The van der Waals surface area contributed by atoms with Crippen molar-refractivity contribution in [1.29, 1.82) is 0 Å². The third kappa shape index (κ3) is 3.24. The molecule has 0 spiro atoms. The SMILES string of the molecule is Cc1cccc(N2C(=O)C(=Cc3ccc(Cl)cc3Cl)SC2=S)c1C. The summed E-state index contributed by atoms with van der Waals surface area (Å²) in [6.45, 7) is 4.00. The second-order valence-electron chi connectivity index (χ2n) is 5.40. The van der Waals surface area contributed by atoms with Gasteiger partial charge in [-0.1, -0.05) is 65.4 Å². The highest BCUT2D eigenvalue weighted by Gasteiger charge is 2.34. The first-order valence-electron chi connectivity index (χ1n) is 7.17. The maximum Gasteiger partial charge on any atom is 0.270 e. The molecular formula is C18H13Cl2NOS2. The lowest BCUT2D eigenvalue weighted by atomic mass is 10.1. The Kier molecular flexibility index (Phi) is 5.02. The summed E-state index contributed by atoms with van der Waals surface area (Å²) in [6, 6.07) is 11.0. The van der Waals surface area contributed by atoms with E-state index in [4.69, 9.17) is 35.4 Å². The zero-order valence-electron chi connectivity index (χ0n) is 13.0. The highest BCUT2D eigenvalue weighted by molar-refractivity contribution is 8.27. The lowest BCUT2D eigenvalue weighted by Crippen LogP contribution is -2.28. The molecule has 1 aliphatic rings. The summed E-state index contributed by atoms with van der Waals surface area (Å²) in [4.78, 5) is 15.0. The number of benzene rings is 2. The maximum absolute atomic E-state index is 12.8. The molecule has 0 unspecified atom stereocenters. The van der Waals surface area contributed by atoms with Gasteiger partial charge in [-0.2, -0.15) is 0 Å². The standard InChI is InChI=1S/C18H13Cl2NOS2/c1-10-4-3-5-15(11(10)2)21-17(22)16(24-18(21)23)8-12-6-7-13(19)9-14(12)20/h3-9H,1-2H3. The fraction of sp³-hybridized carbons (Fsp3) is 0.111. The molecule has 0 radical (unpaired) electrons. The zero-order chi connectivity index (χ0) is 17.4. The Bertz CT molecular complexity index is 893. The Hall–Kier alpha value is -1.33. The summed E-state index contributed by atoms with van der Waals surface area (Å²) in [5.41, 5.74) is 3.72. The Labute approximate surface area is 160 Å². The van der Waals surface area contributed by atoms with Crippen LogP contribution in [0.4, 0.5) is 5.69 Å². The van der Waals surface area contributed by atoms with Crippen molar-refractivity contribution in [3.05, 3.63) is 68.0 Å². The molecule has 0 atom stereocenters. The third-order valence-electron chi connectivity index (χ3n) is 3.86. The first-order valence-corrected chi connectivity index (χ1v) is 9.16. The minimum Gasteiger partial charge on any atom is -0.268 e. The van der Waals surface area contributed by atoms with Gasteiger partial charge >= 0.3 is 0 Å². The van der Waals surface area contributed by atoms with Gasteiger partial charge in [-0.15, -0.1) is 0 Å².